The molecule has 0 saturated heterocycles. The van der Waals surface area contributed by atoms with Crippen LogP contribution < -0.4 is 10.6 Å². The quantitative estimate of drug-likeness (QED) is 0.687. The van der Waals surface area contributed by atoms with E-state index in [1.54, 1.807) is 0 Å². The molecule has 3 N–H and O–H groups in total. The maximum Gasteiger partial charge on any atom is 0.315 e. The maximum atomic E-state index is 11.6. The molecule has 98 valence electrons. The highest BCUT2D eigenvalue weighted by Gasteiger charge is 2.22. The Labute approximate surface area is 102 Å². The topological polar surface area (TPSA) is 78.4 Å². The van der Waals surface area contributed by atoms with Crippen LogP contribution in [0.2, 0.25) is 0 Å². The number of carbonyl (C=O) groups excluding carboxylic acids is 1. The molecule has 0 aliphatic heterocycles. The minimum absolute atomic E-state index is 0.0852. The van der Waals surface area contributed by atoms with Crippen LogP contribution in [-0.2, 0) is 4.79 Å². The molecule has 0 bridgehead atoms. The number of aliphatic carboxylic acids is 1. The largest absolute Gasteiger partial charge is 0.481 e. The highest BCUT2D eigenvalue weighted by atomic mass is 16.4. The third-order valence-electron chi connectivity index (χ3n) is 3.20. The molecular weight excluding hydrogens is 220 g/mol. The summed E-state index contributed by atoms with van der Waals surface area (Å²) >= 11 is 0. The fourth-order valence-corrected chi connectivity index (χ4v) is 2.20. The average Bonchev–Trinajstić information content (AvgIpc) is 2.60. The molecule has 5 nitrogen and oxygen atoms in total. The van der Waals surface area contributed by atoms with Crippen LogP contribution in [0.1, 0.15) is 46.0 Å². The zero-order chi connectivity index (χ0) is 12.8. The van der Waals surface area contributed by atoms with Crippen molar-refractivity contribution >= 4 is 12.0 Å². The van der Waals surface area contributed by atoms with Crippen molar-refractivity contribution in [1.29, 1.82) is 0 Å². The summed E-state index contributed by atoms with van der Waals surface area (Å²) < 4.78 is 0. The molecule has 0 spiro atoms. The number of rotatable bonds is 5. The van der Waals surface area contributed by atoms with Gasteiger partial charge in [-0.25, -0.2) is 4.79 Å². The van der Waals surface area contributed by atoms with Crippen molar-refractivity contribution < 1.29 is 14.7 Å². The van der Waals surface area contributed by atoms with Crippen LogP contribution in [0.5, 0.6) is 0 Å². The van der Waals surface area contributed by atoms with Crippen molar-refractivity contribution in [3.63, 3.8) is 0 Å². The Morgan fingerprint density at radius 3 is 2.65 bits per heavy atom. The maximum absolute atomic E-state index is 11.6. The van der Waals surface area contributed by atoms with Crippen LogP contribution in [0.25, 0.3) is 0 Å². The highest BCUT2D eigenvalue weighted by molar-refractivity contribution is 5.74. The SMILES string of the molecule is CC1CCC(NC(=O)NC(C)CCC(=O)O)C1. The van der Waals surface area contributed by atoms with Crippen LogP contribution in [-0.4, -0.2) is 29.2 Å². The first-order valence-electron chi connectivity index (χ1n) is 6.26. The van der Waals surface area contributed by atoms with Gasteiger partial charge in [0.15, 0.2) is 0 Å². The van der Waals surface area contributed by atoms with E-state index in [9.17, 15) is 9.59 Å². The molecule has 5 heteroatoms. The second kappa shape index (κ2) is 6.47. The molecule has 0 aromatic heterocycles. The van der Waals surface area contributed by atoms with Gasteiger partial charge in [-0.15, -0.1) is 0 Å². The number of carbonyl (C=O) groups is 2. The number of carboxylic acids is 1. The van der Waals surface area contributed by atoms with E-state index < -0.39 is 5.97 Å². The van der Waals surface area contributed by atoms with Crippen LogP contribution in [0.3, 0.4) is 0 Å². The van der Waals surface area contributed by atoms with E-state index in [0.29, 0.717) is 12.3 Å². The predicted molar refractivity (Wildman–Crippen MR) is 64.8 cm³/mol. The third-order valence-corrected chi connectivity index (χ3v) is 3.20. The van der Waals surface area contributed by atoms with Gasteiger partial charge in [0.2, 0.25) is 0 Å². The summed E-state index contributed by atoms with van der Waals surface area (Å²) in [6.45, 7) is 4.01. The first-order chi connectivity index (χ1) is 7.97. The molecule has 2 amide bonds. The molecule has 0 aromatic carbocycles. The number of hydrogen-bond acceptors (Lipinski definition) is 2. The third kappa shape index (κ3) is 5.56. The van der Waals surface area contributed by atoms with Gasteiger partial charge in [0.05, 0.1) is 0 Å². The number of hydrogen-bond donors (Lipinski definition) is 3. The van der Waals surface area contributed by atoms with Gasteiger partial charge in [-0.05, 0) is 38.5 Å². The summed E-state index contributed by atoms with van der Waals surface area (Å²) in [5.41, 5.74) is 0. The van der Waals surface area contributed by atoms with Crippen molar-refractivity contribution in [3.8, 4) is 0 Å². The number of urea groups is 1. The van der Waals surface area contributed by atoms with Gasteiger partial charge in [0.1, 0.15) is 0 Å². The highest BCUT2D eigenvalue weighted by Crippen LogP contribution is 2.24. The normalized spacial score (nSPS) is 25.3. The van der Waals surface area contributed by atoms with E-state index in [0.717, 1.165) is 12.8 Å². The second-order valence-electron chi connectivity index (χ2n) is 5.07. The molecule has 3 unspecified atom stereocenters. The predicted octanol–water partition coefficient (Wildman–Crippen LogP) is 1.73. The summed E-state index contributed by atoms with van der Waals surface area (Å²) in [5.74, 6) is -0.145. The van der Waals surface area contributed by atoms with Crippen LogP contribution in [0.15, 0.2) is 0 Å². The van der Waals surface area contributed by atoms with Gasteiger partial charge in [-0.1, -0.05) is 6.92 Å². The van der Waals surface area contributed by atoms with Crippen molar-refractivity contribution in [3.05, 3.63) is 0 Å². The van der Waals surface area contributed by atoms with E-state index in [1.807, 2.05) is 6.92 Å². The van der Waals surface area contributed by atoms with Gasteiger partial charge in [0.25, 0.3) is 0 Å². The zero-order valence-electron chi connectivity index (χ0n) is 10.5. The second-order valence-corrected chi connectivity index (χ2v) is 5.07. The summed E-state index contributed by atoms with van der Waals surface area (Å²) in [7, 11) is 0. The van der Waals surface area contributed by atoms with Gasteiger partial charge in [0, 0.05) is 18.5 Å². The van der Waals surface area contributed by atoms with Crippen molar-refractivity contribution in [2.24, 2.45) is 5.92 Å². The molecule has 1 saturated carbocycles. The number of nitrogens with one attached hydrogen (secondary N) is 2. The first kappa shape index (κ1) is 13.8. The fourth-order valence-electron chi connectivity index (χ4n) is 2.20. The fraction of sp³-hybridized carbons (Fsp3) is 0.833. The Bertz CT molecular complexity index is 281. The van der Waals surface area contributed by atoms with Crippen LogP contribution >= 0.6 is 0 Å². The van der Waals surface area contributed by atoms with Gasteiger partial charge < -0.3 is 15.7 Å². The van der Waals surface area contributed by atoms with Gasteiger partial charge >= 0.3 is 12.0 Å². The van der Waals surface area contributed by atoms with Crippen LogP contribution in [0.4, 0.5) is 4.79 Å². The molecule has 1 aliphatic carbocycles. The smallest absolute Gasteiger partial charge is 0.315 e. The lowest BCUT2D eigenvalue weighted by molar-refractivity contribution is -0.137. The summed E-state index contributed by atoms with van der Waals surface area (Å²) in [4.78, 5) is 22.0. The van der Waals surface area contributed by atoms with E-state index in [2.05, 4.69) is 17.6 Å². The molecule has 0 radical (unpaired) electrons. The molecule has 1 aliphatic rings. The lowest BCUT2D eigenvalue weighted by Crippen LogP contribution is -2.44. The number of amides is 2. The summed E-state index contributed by atoms with van der Waals surface area (Å²) in [6, 6.07) is -0.0106. The minimum Gasteiger partial charge on any atom is -0.481 e. The molecule has 17 heavy (non-hydrogen) atoms. The summed E-state index contributed by atoms with van der Waals surface area (Å²) in [5, 5.41) is 14.2. The zero-order valence-corrected chi connectivity index (χ0v) is 10.5. The monoisotopic (exact) mass is 242 g/mol. The van der Waals surface area contributed by atoms with Crippen molar-refractivity contribution in [2.75, 3.05) is 0 Å². The van der Waals surface area contributed by atoms with E-state index in [4.69, 9.17) is 5.11 Å². The minimum atomic E-state index is -0.830. The van der Waals surface area contributed by atoms with Crippen molar-refractivity contribution in [2.45, 2.75) is 58.0 Å². The molecule has 1 rings (SSSR count). The van der Waals surface area contributed by atoms with Crippen LogP contribution in [0, 0.1) is 5.92 Å². The lowest BCUT2D eigenvalue weighted by atomic mass is 10.1. The average molecular weight is 242 g/mol. The Kier molecular flexibility index (Phi) is 5.25. The Hall–Kier alpha value is -1.26. The molecule has 3 atom stereocenters. The van der Waals surface area contributed by atoms with E-state index in [-0.39, 0.29) is 24.5 Å². The lowest BCUT2D eigenvalue weighted by Gasteiger charge is -2.17. The van der Waals surface area contributed by atoms with E-state index >= 15 is 0 Å². The Morgan fingerprint density at radius 1 is 1.41 bits per heavy atom. The van der Waals surface area contributed by atoms with Gasteiger partial charge in [-0.2, -0.15) is 0 Å². The van der Waals surface area contributed by atoms with E-state index in [1.165, 1.54) is 6.42 Å². The Morgan fingerprint density at radius 2 is 2.12 bits per heavy atom. The molecule has 1 fully saturated rings. The molecule has 0 heterocycles. The van der Waals surface area contributed by atoms with Crippen molar-refractivity contribution in [1.82, 2.24) is 10.6 Å². The molecule has 0 aromatic rings. The standard InChI is InChI=1S/C12H22N2O3/c1-8-3-5-10(7-8)14-12(17)13-9(2)4-6-11(15)16/h8-10H,3-7H2,1-2H3,(H,15,16)(H2,13,14,17). The summed E-state index contributed by atoms with van der Waals surface area (Å²) in [6.07, 6.45) is 3.79. The molecular formula is C12H22N2O3. The number of carboxylic acid groups (broad SMARTS) is 1. The Balaban J connectivity index is 2.17. The first-order valence-corrected chi connectivity index (χ1v) is 6.26. The van der Waals surface area contributed by atoms with Gasteiger partial charge in [-0.3, -0.25) is 4.79 Å².